The van der Waals surface area contributed by atoms with Crippen molar-refractivity contribution in [1.82, 2.24) is 9.88 Å². The molecule has 2 rings (SSSR count). The highest BCUT2D eigenvalue weighted by Crippen LogP contribution is 2.20. The summed E-state index contributed by atoms with van der Waals surface area (Å²) in [4.78, 5) is 18.4. The number of aryl methyl sites for hydroxylation is 1. The Balaban J connectivity index is 2.07. The van der Waals surface area contributed by atoms with Crippen molar-refractivity contribution in [2.24, 2.45) is 0 Å². The standard InChI is InChI=1S/C15H22N2O3/c1-11-6-7-12(10-16-11)19-13(17-8-5-9-17)14(18)20-15(2,3)4/h6-7,10,13H,5,8-9H2,1-4H3. The van der Waals surface area contributed by atoms with Crippen LogP contribution in [0.5, 0.6) is 5.75 Å². The van der Waals surface area contributed by atoms with Crippen molar-refractivity contribution in [3.05, 3.63) is 24.0 Å². The predicted octanol–water partition coefficient (Wildman–Crippen LogP) is 2.14. The number of hydrogen-bond donors (Lipinski definition) is 0. The summed E-state index contributed by atoms with van der Waals surface area (Å²) >= 11 is 0. The molecule has 1 aromatic rings. The van der Waals surface area contributed by atoms with Crippen LogP contribution in [-0.4, -0.2) is 40.8 Å². The lowest BCUT2D eigenvalue weighted by Crippen LogP contribution is -2.53. The van der Waals surface area contributed by atoms with Gasteiger partial charge in [-0.2, -0.15) is 0 Å². The van der Waals surface area contributed by atoms with Gasteiger partial charge in [0.05, 0.1) is 6.20 Å². The highest BCUT2D eigenvalue weighted by Gasteiger charge is 2.35. The van der Waals surface area contributed by atoms with E-state index in [0.717, 1.165) is 25.2 Å². The van der Waals surface area contributed by atoms with Crippen molar-refractivity contribution in [2.75, 3.05) is 13.1 Å². The zero-order valence-electron chi connectivity index (χ0n) is 12.5. The van der Waals surface area contributed by atoms with Gasteiger partial charge in [-0.1, -0.05) is 0 Å². The summed E-state index contributed by atoms with van der Waals surface area (Å²) in [5, 5.41) is 0. The monoisotopic (exact) mass is 278 g/mol. The zero-order valence-corrected chi connectivity index (χ0v) is 12.5. The van der Waals surface area contributed by atoms with Crippen molar-refractivity contribution < 1.29 is 14.3 Å². The summed E-state index contributed by atoms with van der Waals surface area (Å²) in [6.07, 6.45) is 2.02. The van der Waals surface area contributed by atoms with Gasteiger partial charge in [0.15, 0.2) is 0 Å². The second-order valence-corrected chi connectivity index (χ2v) is 6.03. The second kappa shape index (κ2) is 5.79. The lowest BCUT2D eigenvalue weighted by atomic mass is 10.2. The van der Waals surface area contributed by atoms with Crippen LogP contribution in [0.2, 0.25) is 0 Å². The molecule has 20 heavy (non-hydrogen) atoms. The van der Waals surface area contributed by atoms with E-state index < -0.39 is 11.8 Å². The van der Waals surface area contributed by atoms with Gasteiger partial charge in [-0.15, -0.1) is 0 Å². The highest BCUT2D eigenvalue weighted by molar-refractivity contribution is 5.75. The average molecular weight is 278 g/mol. The molecule has 5 nitrogen and oxygen atoms in total. The van der Waals surface area contributed by atoms with E-state index in [1.807, 2.05) is 44.7 Å². The van der Waals surface area contributed by atoms with Crippen molar-refractivity contribution in [3.8, 4) is 5.75 Å². The molecule has 5 heteroatoms. The largest absolute Gasteiger partial charge is 0.462 e. The van der Waals surface area contributed by atoms with Gasteiger partial charge in [0, 0.05) is 18.8 Å². The molecule has 1 aromatic heterocycles. The lowest BCUT2D eigenvalue weighted by molar-refractivity contribution is -0.176. The third-order valence-corrected chi connectivity index (χ3v) is 2.96. The van der Waals surface area contributed by atoms with Crippen LogP contribution in [0.25, 0.3) is 0 Å². The number of esters is 1. The van der Waals surface area contributed by atoms with Crippen LogP contribution in [0.15, 0.2) is 18.3 Å². The van der Waals surface area contributed by atoms with Crippen molar-refractivity contribution in [1.29, 1.82) is 0 Å². The number of likely N-dealkylation sites (tertiary alicyclic amines) is 1. The first-order valence-corrected chi connectivity index (χ1v) is 6.91. The smallest absolute Gasteiger partial charge is 0.363 e. The van der Waals surface area contributed by atoms with Gasteiger partial charge < -0.3 is 9.47 Å². The Morgan fingerprint density at radius 1 is 1.35 bits per heavy atom. The molecule has 1 unspecified atom stereocenters. The van der Waals surface area contributed by atoms with Gasteiger partial charge in [0.25, 0.3) is 6.23 Å². The molecule has 110 valence electrons. The topological polar surface area (TPSA) is 51.7 Å². The summed E-state index contributed by atoms with van der Waals surface area (Å²) in [6.45, 7) is 9.17. The van der Waals surface area contributed by atoms with Crippen molar-refractivity contribution in [3.63, 3.8) is 0 Å². The minimum atomic E-state index is -0.688. The van der Waals surface area contributed by atoms with E-state index in [-0.39, 0.29) is 5.97 Å². The average Bonchev–Trinajstić information content (AvgIpc) is 2.26. The van der Waals surface area contributed by atoms with Gasteiger partial charge in [-0.05, 0) is 46.2 Å². The molecule has 0 aliphatic carbocycles. The third-order valence-electron chi connectivity index (χ3n) is 2.96. The van der Waals surface area contributed by atoms with E-state index in [1.165, 1.54) is 0 Å². The Morgan fingerprint density at radius 3 is 2.50 bits per heavy atom. The fourth-order valence-electron chi connectivity index (χ4n) is 1.85. The Bertz CT molecular complexity index is 461. The van der Waals surface area contributed by atoms with E-state index in [2.05, 4.69) is 4.98 Å². The molecule has 0 radical (unpaired) electrons. The summed E-state index contributed by atoms with van der Waals surface area (Å²) in [5.74, 6) is 0.233. The molecular weight excluding hydrogens is 256 g/mol. The molecule has 0 bridgehead atoms. The Kier molecular flexibility index (Phi) is 4.28. The fraction of sp³-hybridized carbons (Fsp3) is 0.600. The first kappa shape index (κ1) is 14.8. The number of carbonyl (C=O) groups excluding carboxylic acids is 1. The van der Waals surface area contributed by atoms with E-state index >= 15 is 0 Å². The number of carbonyl (C=O) groups is 1. The van der Waals surface area contributed by atoms with Crippen LogP contribution in [0, 0.1) is 6.92 Å². The molecule has 1 aliphatic rings. The predicted molar refractivity (Wildman–Crippen MR) is 75.4 cm³/mol. The summed E-state index contributed by atoms with van der Waals surface area (Å²) < 4.78 is 11.2. The molecule has 0 amide bonds. The first-order chi connectivity index (χ1) is 9.35. The van der Waals surface area contributed by atoms with Gasteiger partial charge in [0.2, 0.25) is 0 Å². The maximum Gasteiger partial charge on any atom is 0.363 e. The summed E-state index contributed by atoms with van der Waals surface area (Å²) in [7, 11) is 0. The van der Waals surface area contributed by atoms with Gasteiger partial charge in [0.1, 0.15) is 11.4 Å². The van der Waals surface area contributed by atoms with Gasteiger partial charge in [-0.3, -0.25) is 9.88 Å². The summed E-state index contributed by atoms with van der Waals surface area (Å²) in [5.41, 5.74) is 0.393. The number of ether oxygens (including phenoxy) is 2. The molecule has 1 atom stereocenters. The minimum absolute atomic E-state index is 0.349. The maximum atomic E-state index is 12.3. The van der Waals surface area contributed by atoms with Gasteiger partial charge in [-0.25, -0.2) is 4.79 Å². The van der Waals surface area contributed by atoms with Crippen LogP contribution in [-0.2, 0) is 9.53 Å². The van der Waals surface area contributed by atoms with E-state index in [1.54, 1.807) is 6.20 Å². The highest BCUT2D eigenvalue weighted by atomic mass is 16.6. The van der Waals surface area contributed by atoms with E-state index in [0.29, 0.717) is 5.75 Å². The normalized spacial score (nSPS) is 17.2. The van der Waals surface area contributed by atoms with Crippen molar-refractivity contribution in [2.45, 2.75) is 45.9 Å². The van der Waals surface area contributed by atoms with Crippen LogP contribution < -0.4 is 4.74 Å². The molecule has 0 spiro atoms. The number of nitrogens with zero attached hydrogens (tertiary/aromatic N) is 2. The number of hydrogen-bond acceptors (Lipinski definition) is 5. The van der Waals surface area contributed by atoms with Crippen molar-refractivity contribution >= 4 is 5.97 Å². The molecular formula is C15H22N2O3. The van der Waals surface area contributed by atoms with Crippen LogP contribution in [0.4, 0.5) is 0 Å². The van der Waals surface area contributed by atoms with Crippen LogP contribution in [0.3, 0.4) is 0 Å². The second-order valence-electron chi connectivity index (χ2n) is 6.03. The van der Waals surface area contributed by atoms with E-state index in [9.17, 15) is 4.79 Å². The molecule has 1 aliphatic heterocycles. The number of rotatable bonds is 4. The maximum absolute atomic E-state index is 12.3. The zero-order chi connectivity index (χ0) is 14.8. The lowest BCUT2D eigenvalue weighted by Gasteiger charge is -2.37. The van der Waals surface area contributed by atoms with Gasteiger partial charge >= 0.3 is 5.97 Å². The van der Waals surface area contributed by atoms with Crippen LogP contribution in [0.1, 0.15) is 32.9 Å². The number of aromatic nitrogens is 1. The Labute approximate surface area is 119 Å². The molecule has 1 fully saturated rings. The van der Waals surface area contributed by atoms with Crippen LogP contribution >= 0.6 is 0 Å². The third kappa shape index (κ3) is 3.93. The minimum Gasteiger partial charge on any atom is -0.462 e. The summed E-state index contributed by atoms with van der Waals surface area (Å²) in [6, 6.07) is 3.68. The molecule has 1 saturated heterocycles. The van der Waals surface area contributed by atoms with E-state index in [4.69, 9.17) is 9.47 Å². The Hall–Kier alpha value is -1.62. The molecule has 2 heterocycles. The Morgan fingerprint density at radius 2 is 2.05 bits per heavy atom. The first-order valence-electron chi connectivity index (χ1n) is 6.91. The number of pyridine rings is 1. The quantitative estimate of drug-likeness (QED) is 0.790. The molecule has 0 saturated carbocycles. The fourth-order valence-corrected chi connectivity index (χ4v) is 1.85. The molecule has 0 aromatic carbocycles. The SMILES string of the molecule is Cc1ccc(OC(C(=O)OC(C)(C)C)N2CCC2)cn1. The molecule has 0 N–H and O–H groups in total.